The fraction of sp³-hybridized carbons (Fsp3) is 0.360. The van der Waals surface area contributed by atoms with Crippen molar-refractivity contribution in [1.29, 1.82) is 0 Å². The summed E-state index contributed by atoms with van der Waals surface area (Å²) in [5, 5.41) is 9.26. The lowest BCUT2D eigenvalue weighted by molar-refractivity contribution is -0.148. The molecule has 4 aromatic rings. The topological polar surface area (TPSA) is 107 Å². The predicted octanol–water partition coefficient (Wildman–Crippen LogP) is 4.16. The van der Waals surface area contributed by atoms with Gasteiger partial charge < -0.3 is 9.64 Å². The molecule has 36 heavy (non-hydrogen) atoms. The number of aromatic nitrogens is 4. The molecule has 0 N–H and O–H groups in total. The molecule has 5 rings (SSSR count). The van der Waals surface area contributed by atoms with Gasteiger partial charge in [0.25, 0.3) is 0 Å². The highest BCUT2D eigenvalue weighted by molar-refractivity contribution is 7.91. The summed E-state index contributed by atoms with van der Waals surface area (Å²) in [7, 11) is -3.97. The molecule has 0 radical (unpaired) electrons. The van der Waals surface area contributed by atoms with Crippen molar-refractivity contribution in [3.8, 4) is 0 Å². The quantitative estimate of drug-likeness (QED) is 0.356. The van der Waals surface area contributed by atoms with Gasteiger partial charge in [0.2, 0.25) is 14.9 Å². The van der Waals surface area contributed by atoms with Crippen LogP contribution >= 0.6 is 11.6 Å². The second-order valence-corrected chi connectivity index (χ2v) is 11.3. The zero-order valence-electron chi connectivity index (χ0n) is 20.2. The highest BCUT2D eigenvalue weighted by Crippen LogP contribution is 2.33. The molecule has 0 saturated carbocycles. The molecule has 188 valence electrons. The molecule has 1 fully saturated rings. The average molecular weight is 528 g/mol. The first-order valence-electron chi connectivity index (χ1n) is 11.8. The first-order chi connectivity index (χ1) is 17.2. The number of hydrogen-bond acceptors (Lipinski definition) is 8. The Morgan fingerprint density at radius 3 is 2.56 bits per heavy atom. The van der Waals surface area contributed by atoms with Crippen molar-refractivity contribution >= 4 is 49.8 Å². The first-order valence-corrected chi connectivity index (χ1v) is 13.7. The van der Waals surface area contributed by atoms with Gasteiger partial charge in [0, 0.05) is 23.5 Å². The Kier molecular flexibility index (Phi) is 6.34. The summed E-state index contributed by atoms with van der Waals surface area (Å²) in [6, 6.07) is 10.3. The van der Waals surface area contributed by atoms with E-state index >= 15 is 0 Å². The average Bonchev–Trinajstić information content (AvgIpc) is 3.30. The van der Waals surface area contributed by atoms with Gasteiger partial charge in [0.1, 0.15) is 5.82 Å². The van der Waals surface area contributed by atoms with Crippen LogP contribution in [0.15, 0.2) is 46.3 Å². The van der Waals surface area contributed by atoms with Crippen LogP contribution in [0.3, 0.4) is 0 Å². The molecule has 0 unspecified atom stereocenters. The molecular weight excluding hydrogens is 502 g/mol. The monoisotopic (exact) mass is 527 g/mol. The molecule has 0 amide bonds. The second-order valence-electron chi connectivity index (χ2n) is 8.99. The third kappa shape index (κ3) is 4.18. The number of hydrogen-bond donors (Lipinski definition) is 0. The van der Waals surface area contributed by atoms with Crippen molar-refractivity contribution in [2.75, 3.05) is 24.6 Å². The summed E-state index contributed by atoms with van der Waals surface area (Å²) in [5.74, 6) is 0.230. The standard InChI is InChI=1S/C25H26ClN5O4S/c1-4-35-25(32)17-9-11-30(12-10-17)22-20-14-18(26)6-8-21(20)31-23(27-22)24(28-29-31)36(33,34)19-7-5-15(2)16(3)13-19/h5-8,13-14,17H,4,9-12H2,1-3H3. The van der Waals surface area contributed by atoms with E-state index in [4.69, 9.17) is 21.3 Å². The van der Waals surface area contributed by atoms with E-state index in [1.165, 1.54) is 4.52 Å². The minimum absolute atomic E-state index is 0.141. The summed E-state index contributed by atoms with van der Waals surface area (Å²) >= 11 is 6.32. The van der Waals surface area contributed by atoms with E-state index in [1.54, 1.807) is 43.3 Å². The third-order valence-electron chi connectivity index (χ3n) is 6.71. The van der Waals surface area contributed by atoms with E-state index in [2.05, 4.69) is 10.3 Å². The summed E-state index contributed by atoms with van der Waals surface area (Å²) in [6.45, 7) is 7.07. The molecule has 11 heteroatoms. The van der Waals surface area contributed by atoms with Gasteiger partial charge in [0.15, 0.2) is 5.65 Å². The van der Waals surface area contributed by atoms with Crippen molar-refractivity contribution in [3.63, 3.8) is 0 Å². The van der Waals surface area contributed by atoms with Gasteiger partial charge in [-0.1, -0.05) is 22.9 Å². The first kappa shape index (κ1) is 24.5. The number of piperidine rings is 1. The number of sulfone groups is 1. The van der Waals surface area contributed by atoms with Gasteiger partial charge in [-0.15, -0.1) is 5.10 Å². The van der Waals surface area contributed by atoms with E-state index in [1.807, 2.05) is 18.7 Å². The minimum Gasteiger partial charge on any atom is -0.466 e. The Balaban J connectivity index is 1.63. The molecule has 1 aliphatic heterocycles. The van der Waals surface area contributed by atoms with Crippen LogP contribution in [0.4, 0.5) is 5.82 Å². The molecule has 0 atom stereocenters. The molecule has 1 aliphatic rings. The van der Waals surface area contributed by atoms with Crippen LogP contribution in [-0.4, -0.2) is 53.9 Å². The lowest BCUT2D eigenvalue weighted by Crippen LogP contribution is -2.37. The molecule has 3 heterocycles. The van der Waals surface area contributed by atoms with E-state index in [0.717, 1.165) is 16.5 Å². The molecule has 2 aromatic carbocycles. The molecule has 0 aliphatic carbocycles. The van der Waals surface area contributed by atoms with Crippen LogP contribution in [0.1, 0.15) is 30.9 Å². The van der Waals surface area contributed by atoms with Crippen molar-refractivity contribution in [1.82, 2.24) is 19.8 Å². The second kappa shape index (κ2) is 9.33. The van der Waals surface area contributed by atoms with Crippen LogP contribution in [0, 0.1) is 19.8 Å². The summed E-state index contributed by atoms with van der Waals surface area (Å²) in [4.78, 5) is 19.2. The van der Waals surface area contributed by atoms with E-state index in [0.29, 0.717) is 48.9 Å². The molecule has 0 spiro atoms. The number of ether oxygens (including phenoxy) is 1. The molecule has 0 bridgehead atoms. The number of rotatable bonds is 5. The van der Waals surface area contributed by atoms with Gasteiger partial charge in [-0.05, 0) is 75.1 Å². The Morgan fingerprint density at radius 1 is 1.11 bits per heavy atom. The summed E-state index contributed by atoms with van der Waals surface area (Å²) in [6.07, 6.45) is 1.22. The zero-order valence-corrected chi connectivity index (χ0v) is 21.8. The zero-order chi connectivity index (χ0) is 25.6. The number of carbonyl (C=O) groups excluding carboxylic acids is 1. The van der Waals surface area contributed by atoms with Gasteiger partial charge >= 0.3 is 5.97 Å². The number of nitrogens with zero attached hydrogens (tertiary/aromatic N) is 5. The van der Waals surface area contributed by atoms with E-state index in [9.17, 15) is 13.2 Å². The number of carbonyl (C=O) groups is 1. The largest absolute Gasteiger partial charge is 0.466 e. The lowest BCUT2D eigenvalue weighted by atomic mass is 9.97. The Morgan fingerprint density at radius 2 is 1.86 bits per heavy atom. The molecule has 1 saturated heterocycles. The van der Waals surface area contributed by atoms with E-state index in [-0.39, 0.29) is 27.5 Å². The van der Waals surface area contributed by atoms with Crippen molar-refractivity contribution in [3.05, 3.63) is 52.5 Å². The van der Waals surface area contributed by atoms with Crippen LogP contribution in [0.2, 0.25) is 5.02 Å². The minimum atomic E-state index is -3.97. The van der Waals surface area contributed by atoms with Crippen molar-refractivity contribution in [2.45, 2.75) is 43.5 Å². The lowest BCUT2D eigenvalue weighted by Gasteiger charge is -2.32. The number of aryl methyl sites for hydroxylation is 2. The Labute approximate surface area is 213 Å². The van der Waals surface area contributed by atoms with Crippen LogP contribution in [-0.2, 0) is 19.4 Å². The molecule has 2 aromatic heterocycles. The maximum Gasteiger partial charge on any atom is 0.309 e. The van der Waals surface area contributed by atoms with Crippen LogP contribution in [0.5, 0.6) is 0 Å². The fourth-order valence-electron chi connectivity index (χ4n) is 4.55. The smallest absolute Gasteiger partial charge is 0.309 e. The molecular formula is C25H26ClN5O4S. The van der Waals surface area contributed by atoms with E-state index < -0.39 is 9.84 Å². The molecule has 9 nitrogen and oxygen atoms in total. The van der Waals surface area contributed by atoms with Crippen molar-refractivity contribution in [2.24, 2.45) is 5.92 Å². The number of benzene rings is 2. The Hall–Kier alpha value is -3.24. The highest BCUT2D eigenvalue weighted by atomic mass is 35.5. The predicted molar refractivity (Wildman–Crippen MR) is 136 cm³/mol. The summed E-state index contributed by atoms with van der Waals surface area (Å²) < 4.78 is 33.8. The van der Waals surface area contributed by atoms with Crippen LogP contribution < -0.4 is 4.90 Å². The van der Waals surface area contributed by atoms with Crippen molar-refractivity contribution < 1.29 is 17.9 Å². The number of halogens is 1. The van der Waals surface area contributed by atoms with Gasteiger partial charge in [-0.3, -0.25) is 4.79 Å². The normalized spacial score (nSPS) is 15.1. The fourth-order valence-corrected chi connectivity index (χ4v) is 6.04. The maximum atomic E-state index is 13.6. The van der Waals surface area contributed by atoms with Gasteiger partial charge in [0.05, 0.1) is 22.9 Å². The maximum absolute atomic E-state index is 13.6. The summed E-state index contributed by atoms with van der Waals surface area (Å²) in [5.41, 5.74) is 2.65. The van der Waals surface area contributed by atoms with Gasteiger partial charge in [-0.2, -0.15) is 4.52 Å². The van der Waals surface area contributed by atoms with Crippen LogP contribution in [0.25, 0.3) is 16.6 Å². The number of esters is 1. The van der Waals surface area contributed by atoms with Gasteiger partial charge in [-0.25, -0.2) is 13.4 Å². The Bertz CT molecular complexity index is 1590. The highest BCUT2D eigenvalue weighted by Gasteiger charge is 2.31. The SMILES string of the molecule is CCOC(=O)C1CCN(c2nc3c(S(=O)(=O)c4ccc(C)c(C)c4)nnn3c3ccc(Cl)cc23)CC1. The number of fused-ring (bicyclic) bond motifs is 3. The third-order valence-corrected chi connectivity index (χ3v) is 8.60. The number of anilines is 1.